The summed E-state index contributed by atoms with van der Waals surface area (Å²) in [6.45, 7) is 2.04. The molecule has 2 aromatic rings. The first kappa shape index (κ1) is 21.4. The fourth-order valence-electron chi connectivity index (χ4n) is 5.11. The molecule has 0 unspecified atom stereocenters. The van der Waals surface area contributed by atoms with Crippen molar-refractivity contribution in [1.82, 2.24) is 15.5 Å². The molecule has 3 heterocycles. The quantitative estimate of drug-likeness (QED) is 0.399. The molecule has 2 saturated heterocycles. The minimum Gasteiger partial charge on any atom is -0.364 e. The Morgan fingerprint density at radius 1 is 1.09 bits per heavy atom. The highest BCUT2D eigenvalue weighted by molar-refractivity contribution is 6.31. The third-order valence-corrected chi connectivity index (χ3v) is 7.07. The van der Waals surface area contributed by atoms with Gasteiger partial charge in [0.25, 0.3) is 5.69 Å². The number of nitrogens with zero attached hydrogens (tertiary/aromatic N) is 3. The number of non-ortho nitro benzene ring substituents is 1. The molecular formula is C22H20ClN5O5. The van der Waals surface area contributed by atoms with Crippen LogP contribution in [-0.2, 0) is 22.6 Å². The molecule has 10 nitrogen and oxygen atoms in total. The summed E-state index contributed by atoms with van der Waals surface area (Å²) < 4.78 is 0. The van der Waals surface area contributed by atoms with E-state index in [1.807, 2.05) is 29.2 Å². The normalized spacial score (nSPS) is 21.8. The van der Waals surface area contributed by atoms with Crippen molar-refractivity contribution in [3.05, 3.63) is 68.7 Å². The highest BCUT2D eigenvalue weighted by Gasteiger charge is 2.60. The number of fused-ring (bicyclic) bond motifs is 4. The molecule has 0 aliphatic carbocycles. The summed E-state index contributed by atoms with van der Waals surface area (Å²) in [7, 11) is 0. The number of nitrogens with one attached hydrogen (secondary N) is 2. The zero-order valence-corrected chi connectivity index (χ0v) is 18.2. The minimum atomic E-state index is -1.60. The Labute approximate surface area is 193 Å². The zero-order chi connectivity index (χ0) is 23.3. The van der Waals surface area contributed by atoms with Crippen LogP contribution in [0.1, 0.15) is 11.1 Å². The smallest absolute Gasteiger partial charge is 0.328 e. The van der Waals surface area contributed by atoms with Gasteiger partial charge in [-0.2, -0.15) is 0 Å². The average Bonchev–Trinajstić information content (AvgIpc) is 2.78. The molecule has 0 aromatic heterocycles. The number of amides is 4. The van der Waals surface area contributed by atoms with Crippen LogP contribution < -0.4 is 15.5 Å². The Balaban J connectivity index is 1.56. The molecule has 0 radical (unpaired) electrons. The lowest BCUT2D eigenvalue weighted by Gasteiger charge is -2.54. The lowest BCUT2D eigenvalue weighted by atomic mass is 9.68. The van der Waals surface area contributed by atoms with Gasteiger partial charge in [0.2, 0.25) is 11.8 Å². The van der Waals surface area contributed by atoms with E-state index in [0.29, 0.717) is 36.8 Å². The van der Waals surface area contributed by atoms with Gasteiger partial charge in [-0.25, -0.2) is 4.79 Å². The number of rotatable bonds is 3. The topological polar surface area (TPSA) is 125 Å². The van der Waals surface area contributed by atoms with E-state index < -0.39 is 34.2 Å². The fourth-order valence-corrected chi connectivity index (χ4v) is 5.31. The van der Waals surface area contributed by atoms with Gasteiger partial charge in [0.15, 0.2) is 5.41 Å². The van der Waals surface area contributed by atoms with Gasteiger partial charge >= 0.3 is 6.03 Å². The van der Waals surface area contributed by atoms with E-state index in [1.165, 1.54) is 12.1 Å². The summed E-state index contributed by atoms with van der Waals surface area (Å²) in [5.41, 5.74) is 0.495. The molecule has 1 spiro atoms. The van der Waals surface area contributed by atoms with Crippen molar-refractivity contribution in [3.8, 4) is 0 Å². The third kappa shape index (κ3) is 3.42. The predicted octanol–water partition coefficient (Wildman–Crippen LogP) is 1.85. The molecule has 0 bridgehead atoms. The molecule has 11 heteroatoms. The third-order valence-electron chi connectivity index (χ3n) is 6.70. The maximum atomic E-state index is 13.2. The summed E-state index contributed by atoms with van der Waals surface area (Å²) in [5.74, 6) is -1.38. The number of halogens is 1. The summed E-state index contributed by atoms with van der Waals surface area (Å²) in [5, 5.41) is 16.4. The summed E-state index contributed by atoms with van der Waals surface area (Å²) in [6, 6.07) is 10.5. The number of hydrogen-bond donors (Lipinski definition) is 2. The Bertz CT molecular complexity index is 1180. The molecule has 1 atom stereocenters. The lowest BCUT2D eigenvalue weighted by molar-refractivity contribution is -0.384. The summed E-state index contributed by atoms with van der Waals surface area (Å²) >= 11 is 6.33. The minimum absolute atomic E-state index is 0.0456. The molecule has 2 aromatic carbocycles. The van der Waals surface area contributed by atoms with E-state index in [4.69, 9.17) is 11.6 Å². The van der Waals surface area contributed by atoms with Gasteiger partial charge < -0.3 is 4.90 Å². The zero-order valence-electron chi connectivity index (χ0n) is 17.4. The Hall–Kier alpha value is -3.50. The summed E-state index contributed by atoms with van der Waals surface area (Å²) in [6.07, 6.45) is -0.0456. The van der Waals surface area contributed by atoms with E-state index >= 15 is 0 Å². The number of benzene rings is 2. The van der Waals surface area contributed by atoms with Crippen molar-refractivity contribution in [3.63, 3.8) is 0 Å². The second-order valence-electron chi connectivity index (χ2n) is 8.49. The van der Waals surface area contributed by atoms with Gasteiger partial charge in [-0.05, 0) is 23.3 Å². The molecule has 170 valence electrons. The van der Waals surface area contributed by atoms with Crippen LogP contribution in [0, 0.1) is 15.5 Å². The van der Waals surface area contributed by atoms with Crippen LogP contribution in [0.4, 0.5) is 16.2 Å². The highest BCUT2D eigenvalue weighted by Crippen LogP contribution is 2.45. The van der Waals surface area contributed by atoms with Gasteiger partial charge in [-0.1, -0.05) is 29.8 Å². The van der Waals surface area contributed by atoms with Crippen LogP contribution >= 0.6 is 11.6 Å². The van der Waals surface area contributed by atoms with Crippen molar-refractivity contribution >= 4 is 40.8 Å². The SMILES string of the molecule is O=C1NC(=O)C2(Cc3cc([N+](=O)[O-])ccc3N3CCN(Cc4ccccc4Cl)C[C@@H]32)C(=O)N1. The number of piperazine rings is 1. The van der Waals surface area contributed by atoms with E-state index in [0.717, 1.165) is 11.3 Å². The van der Waals surface area contributed by atoms with E-state index in [-0.39, 0.29) is 12.1 Å². The number of carbonyl (C=O) groups is 3. The van der Waals surface area contributed by atoms with E-state index in [2.05, 4.69) is 15.5 Å². The van der Waals surface area contributed by atoms with Crippen molar-refractivity contribution in [1.29, 1.82) is 0 Å². The van der Waals surface area contributed by atoms with Crippen molar-refractivity contribution in [2.24, 2.45) is 5.41 Å². The standard InChI is InChI=1S/C22H20ClN5O5/c23-16-4-2-1-3-13(16)11-26-7-8-27-17-6-5-15(28(32)33)9-14(17)10-22(18(27)12-26)19(29)24-21(31)25-20(22)30/h1-6,9,18H,7-8,10-12H2,(H2,24,25,29,30,31)/t18-/m1/s1. The molecule has 2 fully saturated rings. The van der Waals surface area contributed by atoms with Gasteiger partial charge in [-0.15, -0.1) is 0 Å². The van der Waals surface area contributed by atoms with Gasteiger partial charge in [0, 0.05) is 55.4 Å². The molecule has 5 rings (SSSR count). The van der Waals surface area contributed by atoms with Crippen LogP contribution in [0.2, 0.25) is 5.02 Å². The first-order chi connectivity index (χ1) is 15.8. The number of nitro groups is 1. The number of carbonyl (C=O) groups excluding carboxylic acids is 3. The van der Waals surface area contributed by atoms with Gasteiger partial charge in [0.05, 0.1) is 11.0 Å². The van der Waals surface area contributed by atoms with Crippen LogP contribution in [0.15, 0.2) is 42.5 Å². The number of nitro benzene ring substituents is 1. The first-order valence-corrected chi connectivity index (χ1v) is 10.8. The van der Waals surface area contributed by atoms with Crippen molar-refractivity contribution < 1.29 is 19.3 Å². The molecular weight excluding hydrogens is 450 g/mol. The van der Waals surface area contributed by atoms with Crippen molar-refractivity contribution in [2.45, 2.75) is 19.0 Å². The largest absolute Gasteiger partial charge is 0.364 e. The maximum absolute atomic E-state index is 13.2. The molecule has 3 aliphatic rings. The van der Waals surface area contributed by atoms with Crippen LogP contribution in [0.25, 0.3) is 0 Å². The molecule has 2 N–H and O–H groups in total. The van der Waals surface area contributed by atoms with Crippen molar-refractivity contribution in [2.75, 3.05) is 24.5 Å². The van der Waals surface area contributed by atoms with E-state index in [1.54, 1.807) is 6.07 Å². The number of imide groups is 2. The predicted molar refractivity (Wildman–Crippen MR) is 119 cm³/mol. The summed E-state index contributed by atoms with van der Waals surface area (Å²) in [4.78, 5) is 53.1. The van der Waals surface area contributed by atoms with E-state index in [9.17, 15) is 24.5 Å². The second kappa shape index (κ2) is 7.82. The molecule has 4 amide bonds. The second-order valence-corrected chi connectivity index (χ2v) is 8.90. The Morgan fingerprint density at radius 2 is 1.82 bits per heavy atom. The highest BCUT2D eigenvalue weighted by atomic mass is 35.5. The van der Waals surface area contributed by atoms with Gasteiger partial charge in [0.1, 0.15) is 0 Å². The van der Waals surface area contributed by atoms with Gasteiger partial charge in [-0.3, -0.25) is 35.2 Å². The number of urea groups is 1. The molecule has 33 heavy (non-hydrogen) atoms. The fraction of sp³-hybridized carbons (Fsp3) is 0.318. The average molecular weight is 470 g/mol. The number of barbiturate groups is 1. The maximum Gasteiger partial charge on any atom is 0.328 e. The number of hydrogen-bond acceptors (Lipinski definition) is 7. The van der Waals surface area contributed by atoms with Crippen LogP contribution in [-0.4, -0.2) is 53.3 Å². The monoisotopic (exact) mass is 469 g/mol. The molecule has 0 saturated carbocycles. The van der Waals surface area contributed by atoms with Crippen LogP contribution in [0.3, 0.4) is 0 Å². The molecule has 3 aliphatic heterocycles. The number of anilines is 1. The Morgan fingerprint density at radius 3 is 2.52 bits per heavy atom. The lowest BCUT2D eigenvalue weighted by Crippen LogP contribution is -2.74. The van der Waals surface area contributed by atoms with Crippen LogP contribution in [0.5, 0.6) is 0 Å². The first-order valence-electron chi connectivity index (χ1n) is 10.5. The Kier molecular flexibility index (Phi) is 5.06.